The van der Waals surface area contributed by atoms with Crippen LogP contribution in [0.5, 0.6) is 0 Å². The maximum absolute atomic E-state index is 12.8. The number of rotatable bonds is 6. The summed E-state index contributed by atoms with van der Waals surface area (Å²) in [6.07, 6.45) is 3.98. The van der Waals surface area contributed by atoms with E-state index in [-0.39, 0.29) is 34.5 Å². The lowest BCUT2D eigenvalue weighted by Gasteiger charge is -2.32. The van der Waals surface area contributed by atoms with E-state index in [4.69, 9.17) is 4.74 Å². The zero-order chi connectivity index (χ0) is 21.8. The van der Waals surface area contributed by atoms with Gasteiger partial charge in [0.05, 0.1) is 17.1 Å². The normalized spacial score (nSPS) is 18.7. The lowest BCUT2D eigenvalue weighted by atomic mass is 9.89. The van der Waals surface area contributed by atoms with Crippen molar-refractivity contribution in [2.75, 3.05) is 13.2 Å². The second kappa shape index (κ2) is 9.26. The number of ether oxygens (including phenoxy) is 1. The Kier molecular flexibility index (Phi) is 6.27. The minimum atomic E-state index is -0.542. The Morgan fingerprint density at radius 3 is 2.87 bits per heavy atom. The average molecular weight is 422 g/mol. The van der Waals surface area contributed by atoms with E-state index in [2.05, 4.69) is 15.3 Å². The Bertz CT molecular complexity index is 1190. The number of benzene rings is 1. The minimum absolute atomic E-state index is 0.0590. The van der Waals surface area contributed by atoms with Gasteiger partial charge in [-0.15, -0.1) is 0 Å². The maximum Gasteiger partial charge on any atom is 0.329 e. The molecule has 162 valence electrons. The highest BCUT2D eigenvalue weighted by Crippen LogP contribution is 2.33. The number of hydrogen-bond acceptors (Lipinski definition) is 5. The molecular formula is C23H26N4O4. The zero-order valence-corrected chi connectivity index (χ0v) is 17.5. The molecule has 8 nitrogen and oxygen atoms in total. The Balaban J connectivity index is 1.53. The molecule has 0 radical (unpaired) electrons. The average Bonchev–Trinajstić information content (AvgIpc) is 2.80. The van der Waals surface area contributed by atoms with E-state index < -0.39 is 11.2 Å². The highest BCUT2D eigenvalue weighted by atomic mass is 16.5. The molecule has 1 aliphatic heterocycles. The first-order valence-electron chi connectivity index (χ1n) is 10.7. The highest BCUT2D eigenvalue weighted by Gasteiger charge is 2.28. The molecule has 31 heavy (non-hydrogen) atoms. The van der Waals surface area contributed by atoms with Gasteiger partial charge < -0.3 is 10.1 Å². The lowest BCUT2D eigenvalue weighted by molar-refractivity contribution is -0.0272. The van der Waals surface area contributed by atoms with Crippen LogP contribution < -0.4 is 16.6 Å². The number of amides is 1. The van der Waals surface area contributed by atoms with Crippen LogP contribution in [0.2, 0.25) is 0 Å². The summed E-state index contributed by atoms with van der Waals surface area (Å²) < 4.78 is 7.41. The van der Waals surface area contributed by atoms with Gasteiger partial charge in [0.25, 0.3) is 11.5 Å². The number of aryl methyl sites for hydroxylation is 1. The molecule has 0 spiro atoms. The third kappa shape index (κ3) is 4.44. The summed E-state index contributed by atoms with van der Waals surface area (Å²) >= 11 is 0. The van der Waals surface area contributed by atoms with Crippen LogP contribution in [0.4, 0.5) is 0 Å². The van der Waals surface area contributed by atoms with Gasteiger partial charge in [-0.25, -0.2) is 9.78 Å². The Labute approximate surface area is 179 Å². The van der Waals surface area contributed by atoms with Crippen molar-refractivity contribution in [3.8, 4) is 0 Å². The van der Waals surface area contributed by atoms with Crippen molar-refractivity contribution >= 4 is 16.9 Å². The van der Waals surface area contributed by atoms with Crippen LogP contribution in [-0.2, 0) is 11.3 Å². The van der Waals surface area contributed by atoms with Crippen LogP contribution in [0, 0.1) is 5.92 Å². The summed E-state index contributed by atoms with van der Waals surface area (Å²) in [5.41, 5.74) is 0.645. The van der Waals surface area contributed by atoms with Crippen LogP contribution in [-0.4, -0.2) is 33.6 Å². The predicted octanol–water partition coefficient (Wildman–Crippen LogP) is 2.39. The first-order valence-corrected chi connectivity index (χ1v) is 10.7. The molecule has 0 aliphatic carbocycles. The number of H-pyrrole nitrogens is 1. The smallest absolute Gasteiger partial charge is 0.329 e. The molecule has 1 amide bonds. The highest BCUT2D eigenvalue weighted by molar-refractivity contribution is 5.96. The number of aromatic amines is 1. The largest absolute Gasteiger partial charge is 0.373 e. The number of nitrogens with zero attached hydrogens (tertiary/aromatic N) is 2. The topological polar surface area (TPSA) is 106 Å². The van der Waals surface area contributed by atoms with E-state index in [1.165, 1.54) is 16.8 Å². The zero-order valence-electron chi connectivity index (χ0n) is 17.5. The number of nitrogens with one attached hydrogen (secondary N) is 2. The molecule has 3 aromatic rings. The molecule has 1 saturated heterocycles. The maximum atomic E-state index is 12.8. The van der Waals surface area contributed by atoms with E-state index in [1.54, 1.807) is 0 Å². The number of fused-ring (bicyclic) bond motifs is 1. The molecule has 0 saturated carbocycles. The Morgan fingerprint density at radius 1 is 1.29 bits per heavy atom. The van der Waals surface area contributed by atoms with Gasteiger partial charge in [-0.1, -0.05) is 37.3 Å². The second-order valence-corrected chi connectivity index (χ2v) is 7.82. The third-order valence-electron chi connectivity index (χ3n) is 5.64. The third-order valence-corrected chi connectivity index (χ3v) is 5.64. The van der Waals surface area contributed by atoms with Gasteiger partial charge in [-0.2, -0.15) is 0 Å². The first kappa shape index (κ1) is 21.0. The molecule has 1 aromatic carbocycles. The predicted molar refractivity (Wildman–Crippen MR) is 117 cm³/mol. The lowest BCUT2D eigenvalue weighted by Crippen LogP contribution is -2.35. The van der Waals surface area contributed by atoms with Gasteiger partial charge in [-0.05, 0) is 30.9 Å². The fourth-order valence-electron chi connectivity index (χ4n) is 4.11. The summed E-state index contributed by atoms with van der Waals surface area (Å²) in [6, 6.07) is 11.5. The molecule has 2 aromatic heterocycles. The summed E-state index contributed by atoms with van der Waals surface area (Å²) in [5, 5.41) is 3.19. The molecule has 1 fully saturated rings. The van der Waals surface area contributed by atoms with Crippen molar-refractivity contribution in [2.45, 2.75) is 38.8 Å². The van der Waals surface area contributed by atoms with Gasteiger partial charge in [0, 0.05) is 31.8 Å². The molecule has 0 bridgehead atoms. The summed E-state index contributed by atoms with van der Waals surface area (Å²) in [5.74, 6) is -0.147. The van der Waals surface area contributed by atoms with E-state index in [9.17, 15) is 14.4 Å². The van der Waals surface area contributed by atoms with Crippen LogP contribution in [0.15, 0.2) is 52.2 Å². The van der Waals surface area contributed by atoms with Gasteiger partial charge >= 0.3 is 5.69 Å². The number of carbonyl (C=O) groups excluding carboxylic acids is 1. The van der Waals surface area contributed by atoms with Crippen LogP contribution in [0.3, 0.4) is 0 Å². The van der Waals surface area contributed by atoms with Crippen LogP contribution in [0.1, 0.15) is 48.2 Å². The van der Waals surface area contributed by atoms with Crippen LogP contribution in [0.25, 0.3) is 11.0 Å². The summed E-state index contributed by atoms with van der Waals surface area (Å²) in [4.78, 5) is 43.7. The van der Waals surface area contributed by atoms with E-state index in [0.29, 0.717) is 19.7 Å². The number of pyridine rings is 1. The quantitative estimate of drug-likeness (QED) is 0.634. The van der Waals surface area contributed by atoms with E-state index in [0.717, 1.165) is 24.8 Å². The first-order chi connectivity index (χ1) is 15.1. The fraction of sp³-hybridized carbons (Fsp3) is 0.391. The fourth-order valence-corrected chi connectivity index (χ4v) is 4.11. The van der Waals surface area contributed by atoms with Gasteiger partial charge in [-0.3, -0.25) is 19.1 Å². The monoisotopic (exact) mass is 422 g/mol. The van der Waals surface area contributed by atoms with Crippen molar-refractivity contribution in [1.82, 2.24) is 19.9 Å². The van der Waals surface area contributed by atoms with Crippen LogP contribution >= 0.6 is 0 Å². The molecule has 3 heterocycles. The van der Waals surface area contributed by atoms with Crippen molar-refractivity contribution in [2.24, 2.45) is 5.92 Å². The number of aromatic nitrogens is 3. The molecule has 2 unspecified atom stereocenters. The Hall–Kier alpha value is -3.26. The van der Waals surface area contributed by atoms with Gasteiger partial charge in [0.15, 0.2) is 0 Å². The molecule has 2 atom stereocenters. The summed E-state index contributed by atoms with van der Waals surface area (Å²) in [6.45, 7) is 3.54. The molecule has 1 aliphatic rings. The van der Waals surface area contributed by atoms with Crippen molar-refractivity contribution in [3.63, 3.8) is 0 Å². The van der Waals surface area contributed by atoms with Crippen molar-refractivity contribution < 1.29 is 9.53 Å². The van der Waals surface area contributed by atoms with Gasteiger partial charge in [0.2, 0.25) is 0 Å². The van der Waals surface area contributed by atoms with Crippen molar-refractivity contribution in [1.29, 1.82) is 0 Å². The van der Waals surface area contributed by atoms with Gasteiger partial charge in [0.1, 0.15) is 5.65 Å². The number of carbonyl (C=O) groups is 1. The minimum Gasteiger partial charge on any atom is -0.373 e. The molecular weight excluding hydrogens is 396 g/mol. The molecule has 2 N–H and O–H groups in total. The van der Waals surface area contributed by atoms with E-state index >= 15 is 0 Å². The SMILES string of the molecule is CCCn1c(=O)[nH]c(=O)c2cc(C(=O)NCC3CCCOC3c3ccccc3)cnc21. The van der Waals surface area contributed by atoms with E-state index in [1.807, 2.05) is 37.3 Å². The standard InChI is InChI=1S/C23H26N4O4/c1-2-10-27-20-18(22(29)26-23(27)30)12-17(14-24-20)21(28)25-13-16-9-6-11-31-19(16)15-7-4-3-5-8-15/h3-5,7-8,12,14,16,19H,2,6,9-11,13H2,1H3,(H,25,28)(H,26,29,30). The molecule has 4 rings (SSSR count). The summed E-state index contributed by atoms with van der Waals surface area (Å²) in [7, 11) is 0. The Morgan fingerprint density at radius 2 is 2.10 bits per heavy atom. The second-order valence-electron chi connectivity index (χ2n) is 7.82. The molecule has 8 heteroatoms. The van der Waals surface area contributed by atoms with Crippen molar-refractivity contribution in [3.05, 3.63) is 74.6 Å². The number of hydrogen-bond donors (Lipinski definition) is 2.